The molecule has 0 radical (unpaired) electrons. The van der Waals surface area contributed by atoms with Gasteiger partial charge in [-0.3, -0.25) is 4.79 Å². The van der Waals surface area contributed by atoms with Gasteiger partial charge < -0.3 is 15.1 Å². The summed E-state index contributed by atoms with van der Waals surface area (Å²) in [4.78, 5) is 26.7. The molecule has 0 unspecified atom stereocenters. The van der Waals surface area contributed by atoms with E-state index in [0.29, 0.717) is 43.3 Å². The maximum absolute atomic E-state index is 13.4. The highest BCUT2D eigenvalue weighted by Gasteiger charge is 2.28. The van der Waals surface area contributed by atoms with Gasteiger partial charge in [0.2, 0.25) is 0 Å². The molecule has 2 heterocycles. The van der Waals surface area contributed by atoms with Crippen molar-refractivity contribution in [2.45, 2.75) is 25.8 Å². The van der Waals surface area contributed by atoms with Gasteiger partial charge in [0.05, 0.1) is 11.0 Å². The first-order valence-electron chi connectivity index (χ1n) is 10.4. The number of piperazine rings is 1. The molecule has 3 aromatic rings. The lowest BCUT2D eigenvalue weighted by Crippen LogP contribution is -2.49. The second-order valence-corrected chi connectivity index (χ2v) is 8.04. The van der Waals surface area contributed by atoms with Crippen LogP contribution in [0.2, 0.25) is 0 Å². The summed E-state index contributed by atoms with van der Waals surface area (Å²) in [5.41, 5.74) is 2.98. The molecule has 1 saturated carbocycles. The number of hydrogen-bond acceptors (Lipinski definition) is 5. The zero-order valence-corrected chi connectivity index (χ0v) is 16.9. The van der Waals surface area contributed by atoms with Crippen molar-refractivity contribution in [2.75, 3.05) is 36.4 Å². The highest BCUT2D eigenvalue weighted by molar-refractivity contribution is 5.95. The highest BCUT2D eigenvalue weighted by atomic mass is 19.1. The van der Waals surface area contributed by atoms with Crippen molar-refractivity contribution in [3.8, 4) is 0 Å². The summed E-state index contributed by atoms with van der Waals surface area (Å²) in [6, 6.07) is 12.7. The number of aryl methyl sites for hydroxylation is 1. The van der Waals surface area contributed by atoms with Crippen LogP contribution in [0.15, 0.2) is 42.5 Å². The van der Waals surface area contributed by atoms with Gasteiger partial charge in [-0.05, 0) is 55.7 Å². The summed E-state index contributed by atoms with van der Waals surface area (Å²) in [7, 11) is 0. The van der Waals surface area contributed by atoms with Crippen LogP contribution in [0.4, 0.5) is 16.0 Å². The third-order valence-corrected chi connectivity index (χ3v) is 5.76. The zero-order chi connectivity index (χ0) is 20.7. The minimum absolute atomic E-state index is 0.0481. The Hall–Kier alpha value is -3.22. The summed E-state index contributed by atoms with van der Waals surface area (Å²) in [5, 5.41) is 3.52. The molecule has 0 bridgehead atoms. The molecule has 7 heteroatoms. The number of aromatic nitrogens is 2. The van der Waals surface area contributed by atoms with Crippen molar-refractivity contribution in [1.82, 2.24) is 14.9 Å². The topological polar surface area (TPSA) is 61.4 Å². The molecule has 1 aliphatic heterocycles. The van der Waals surface area contributed by atoms with E-state index in [1.54, 1.807) is 13.0 Å². The third-order valence-electron chi connectivity index (χ3n) is 5.76. The van der Waals surface area contributed by atoms with Crippen LogP contribution in [0.1, 0.15) is 28.8 Å². The fraction of sp³-hybridized carbons (Fsp3) is 0.348. The highest BCUT2D eigenvalue weighted by Crippen LogP contribution is 2.31. The monoisotopic (exact) mass is 405 g/mol. The summed E-state index contributed by atoms with van der Waals surface area (Å²) < 4.78 is 13.4. The molecule has 2 fully saturated rings. The maximum Gasteiger partial charge on any atom is 0.254 e. The molecule has 1 saturated heterocycles. The first kappa shape index (κ1) is 18.8. The Bertz CT molecular complexity index is 1110. The number of hydrogen-bond donors (Lipinski definition) is 1. The number of nitrogens with zero attached hydrogens (tertiary/aromatic N) is 4. The van der Waals surface area contributed by atoms with Gasteiger partial charge in [-0.2, -0.15) is 0 Å². The van der Waals surface area contributed by atoms with E-state index in [1.807, 2.05) is 29.2 Å². The van der Waals surface area contributed by atoms with Crippen LogP contribution in [0.3, 0.4) is 0 Å². The average molecular weight is 405 g/mol. The molecule has 154 valence electrons. The first-order valence-corrected chi connectivity index (χ1v) is 10.4. The summed E-state index contributed by atoms with van der Waals surface area (Å²) in [5.74, 6) is 1.31. The fourth-order valence-electron chi connectivity index (χ4n) is 3.89. The van der Waals surface area contributed by atoms with Crippen LogP contribution in [-0.2, 0) is 0 Å². The van der Waals surface area contributed by atoms with Crippen molar-refractivity contribution < 1.29 is 9.18 Å². The number of carbonyl (C=O) groups is 1. The predicted octanol–water partition coefficient (Wildman–Crippen LogP) is 3.61. The molecular weight excluding hydrogens is 381 g/mol. The standard InChI is InChI=1S/C23H24FN5O/c1-15-14-16(24)6-9-18(15)23(30)29-12-10-28(11-13-29)22-21(25-17-7-8-17)26-19-4-2-3-5-20(19)27-22/h2-6,9,14,17H,7-8,10-13H2,1H3,(H,25,26). The fourth-order valence-corrected chi connectivity index (χ4v) is 3.89. The molecule has 2 aliphatic rings. The second kappa shape index (κ2) is 7.55. The molecule has 6 nitrogen and oxygen atoms in total. The van der Waals surface area contributed by atoms with Crippen LogP contribution in [0.5, 0.6) is 0 Å². The lowest BCUT2D eigenvalue weighted by Gasteiger charge is -2.36. The van der Waals surface area contributed by atoms with Gasteiger partial charge in [-0.25, -0.2) is 14.4 Å². The number of para-hydroxylation sites is 2. The smallest absolute Gasteiger partial charge is 0.254 e. The summed E-state index contributed by atoms with van der Waals surface area (Å²) in [6.07, 6.45) is 2.32. The minimum atomic E-state index is -0.320. The van der Waals surface area contributed by atoms with Crippen LogP contribution in [-0.4, -0.2) is 53.0 Å². The summed E-state index contributed by atoms with van der Waals surface area (Å²) in [6.45, 7) is 4.31. The molecule has 1 amide bonds. The number of halogens is 1. The number of benzene rings is 2. The first-order chi connectivity index (χ1) is 14.6. The van der Waals surface area contributed by atoms with E-state index in [0.717, 1.165) is 35.5 Å². The maximum atomic E-state index is 13.4. The van der Waals surface area contributed by atoms with Gasteiger partial charge in [0.15, 0.2) is 11.6 Å². The molecule has 30 heavy (non-hydrogen) atoms. The number of amides is 1. The molecule has 0 atom stereocenters. The Kier molecular flexibility index (Phi) is 4.73. The van der Waals surface area contributed by atoms with Gasteiger partial charge in [0, 0.05) is 37.8 Å². The lowest BCUT2D eigenvalue weighted by molar-refractivity contribution is 0.0746. The van der Waals surface area contributed by atoms with Gasteiger partial charge >= 0.3 is 0 Å². The SMILES string of the molecule is Cc1cc(F)ccc1C(=O)N1CCN(c2nc3ccccc3nc2NC2CC2)CC1. The summed E-state index contributed by atoms with van der Waals surface area (Å²) >= 11 is 0. The van der Waals surface area contributed by atoms with Gasteiger partial charge in [0.25, 0.3) is 5.91 Å². The number of carbonyl (C=O) groups excluding carboxylic acids is 1. The quantitative estimate of drug-likeness (QED) is 0.719. The van der Waals surface area contributed by atoms with Crippen LogP contribution in [0.25, 0.3) is 11.0 Å². The van der Waals surface area contributed by atoms with Crippen LogP contribution in [0, 0.1) is 12.7 Å². The third kappa shape index (κ3) is 3.67. The van der Waals surface area contributed by atoms with Crippen LogP contribution < -0.4 is 10.2 Å². The van der Waals surface area contributed by atoms with E-state index < -0.39 is 0 Å². The Labute approximate surface area is 174 Å². The molecule has 1 aliphatic carbocycles. The molecule has 5 rings (SSSR count). The van der Waals surface area contributed by atoms with Gasteiger partial charge in [0.1, 0.15) is 5.82 Å². The number of anilines is 2. The average Bonchev–Trinajstić information content (AvgIpc) is 3.57. The molecule has 0 spiro atoms. The largest absolute Gasteiger partial charge is 0.364 e. The van der Waals surface area contributed by atoms with Crippen molar-refractivity contribution in [2.24, 2.45) is 0 Å². The van der Waals surface area contributed by atoms with E-state index in [-0.39, 0.29) is 11.7 Å². The number of nitrogens with one attached hydrogen (secondary N) is 1. The van der Waals surface area contributed by atoms with E-state index in [4.69, 9.17) is 9.97 Å². The predicted molar refractivity (Wildman–Crippen MR) is 115 cm³/mol. The minimum Gasteiger partial charge on any atom is -0.364 e. The molecule has 1 aromatic heterocycles. The number of rotatable bonds is 4. The van der Waals surface area contributed by atoms with Crippen molar-refractivity contribution >= 4 is 28.6 Å². The van der Waals surface area contributed by atoms with Crippen LogP contribution >= 0.6 is 0 Å². The van der Waals surface area contributed by atoms with Gasteiger partial charge in [-0.15, -0.1) is 0 Å². The zero-order valence-electron chi connectivity index (χ0n) is 16.9. The molecular formula is C23H24FN5O. The van der Waals surface area contributed by atoms with E-state index in [9.17, 15) is 9.18 Å². The second-order valence-electron chi connectivity index (χ2n) is 8.04. The Morgan fingerprint density at radius 3 is 2.40 bits per heavy atom. The number of fused-ring (bicyclic) bond motifs is 1. The van der Waals surface area contributed by atoms with E-state index in [2.05, 4.69) is 10.2 Å². The Morgan fingerprint density at radius 2 is 1.73 bits per heavy atom. The Morgan fingerprint density at radius 1 is 1.03 bits per heavy atom. The van der Waals surface area contributed by atoms with Crippen molar-refractivity contribution in [3.05, 3.63) is 59.4 Å². The van der Waals surface area contributed by atoms with Gasteiger partial charge in [-0.1, -0.05) is 12.1 Å². The van der Waals surface area contributed by atoms with E-state index in [1.165, 1.54) is 12.1 Å². The Balaban J connectivity index is 1.36. The normalized spacial score (nSPS) is 16.7. The lowest BCUT2D eigenvalue weighted by atomic mass is 10.1. The van der Waals surface area contributed by atoms with E-state index >= 15 is 0 Å². The van der Waals surface area contributed by atoms with Crippen molar-refractivity contribution in [1.29, 1.82) is 0 Å². The van der Waals surface area contributed by atoms with Crippen molar-refractivity contribution in [3.63, 3.8) is 0 Å². The molecule has 1 N–H and O–H groups in total. The molecule has 2 aromatic carbocycles.